The fourth-order valence-corrected chi connectivity index (χ4v) is 3.43. The lowest BCUT2D eigenvalue weighted by atomic mass is 10.0. The summed E-state index contributed by atoms with van der Waals surface area (Å²) in [5.41, 5.74) is 0.752. The van der Waals surface area contributed by atoms with Gasteiger partial charge in [0.2, 0.25) is 11.8 Å². The van der Waals surface area contributed by atoms with Crippen molar-refractivity contribution in [2.75, 3.05) is 32.8 Å². The summed E-state index contributed by atoms with van der Waals surface area (Å²) in [6, 6.07) is 6.32. The molecule has 2 aliphatic rings. The van der Waals surface area contributed by atoms with E-state index >= 15 is 0 Å². The standard InChI is InChI=1S/C18H23FN2O3/c1-2-17(22)20-7-6-14(11-20)18(23)21-8-9-24-16(12-21)13-4-3-5-15(19)10-13/h3-5,10,14,16H,2,6-9,11-12H2,1H3. The number of benzene rings is 1. The number of carbonyl (C=O) groups excluding carboxylic acids is 2. The summed E-state index contributed by atoms with van der Waals surface area (Å²) in [6.45, 7) is 4.41. The third-order valence-electron chi connectivity index (χ3n) is 4.79. The van der Waals surface area contributed by atoms with E-state index in [4.69, 9.17) is 4.74 Å². The SMILES string of the molecule is CCC(=O)N1CCC(C(=O)N2CCOC(c3cccc(F)c3)C2)C1. The molecule has 2 aliphatic heterocycles. The third-order valence-corrected chi connectivity index (χ3v) is 4.79. The quantitative estimate of drug-likeness (QED) is 0.849. The molecule has 6 heteroatoms. The summed E-state index contributed by atoms with van der Waals surface area (Å²) in [4.78, 5) is 28.1. The summed E-state index contributed by atoms with van der Waals surface area (Å²) < 4.78 is 19.1. The molecule has 0 aromatic heterocycles. The van der Waals surface area contributed by atoms with Gasteiger partial charge in [-0.1, -0.05) is 19.1 Å². The van der Waals surface area contributed by atoms with Gasteiger partial charge in [-0.2, -0.15) is 0 Å². The molecule has 2 fully saturated rings. The van der Waals surface area contributed by atoms with E-state index in [1.807, 2.05) is 13.0 Å². The number of carbonyl (C=O) groups is 2. The van der Waals surface area contributed by atoms with E-state index in [9.17, 15) is 14.0 Å². The van der Waals surface area contributed by atoms with Crippen LogP contribution in [0.3, 0.4) is 0 Å². The van der Waals surface area contributed by atoms with Crippen molar-refractivity contribution in [1.82, 2.24) is 9.80 Å². The molecule has 0 saturated carbocycles. The first-order valence-corrected chi connectivity index (χ1v) is 8.52. The molecule has 0 radical (unpaired) electrons. The summed E-state index contributed by atoms with van der Waals surface area (Å²) in [6.07, 6.45) is 0.889. The Hall–Kier alpha value is -1.95. The Balaban J connectivity index is 1.62. The highest BCUT2D eigenvalue weighted by atomic mass is 19.1. The molecule has 3 rings (SSSR count). The number of morpholine rings is 1. The molecule has 0 bridgehead atoms. The van der Waals surface area contributed by atoms with Crippen molar-refractivity contribution in [2.24, 2.45) is 5.92 Å². The summed E-state index contributed by atoms with van der Waals surface area (Å²) in [5.74, 6) is -0.258. The van der Waals surface area contributed by atoms with Crippen molar-refractivity contribution in [3.05, 3.63) is 35.6 Å². The van der Waals surface area contributed by atoms with Gasteiger partial charge in [-0.15, -0.1) is 0 Å². The number of likely N-dealkylation sites (tertiary alicyclic amines) is 1. The first-order chi connectivity index (χ1) is 11.6. The minimum absolute atomic E-state index is 0.0751. The zero-order chi connectivity index (χ0) is 17.1. The van der Waals surface area contributed by atoms with E-state index in [0.717, 1.165) is 5.56 Å². The number of hydrogen-bond donors (Lipinski definition) is 0. The van der Waals surface area contributed by atoms with Gasteiger partial charge in [0.05, 0.1) is 19.1 Å². The molecule has 5 nitrogen and oxygen atoms in total. The van der Waals surface area contributed by atoms with Crippen molar-refractivity contribution < 1.29 is 18.7 Å². The van der Waals surface area contributed by atoms with Gasteiger partial charge in [0, 0.05) is 26.1 Å². The summed E-state index contributed by atoms with van der Waals surface area (Å²) in [5, 5.41) is 0. The van der Waals surface area contributed by atoms with Crippen molar-refractivity contribution in [1.29, 1.82) is 0 Å². The second kappa shape index (κ2) is 7.30. The van der Waals surface area contributed by atoms with E-state index < -0.39 is 0 Å². The van der Waals surface area contributed by atoms with Crippen LogP contribution in [0.1, 0.15) is 31.4 Å². The van der Waals surface area contributed by atoms with Crippen LogP contribution in [-0.4, -0.2) is 54.4 Å². The Labute approximate surface area is 141 Å². The van der Waals surface area contributed by atoms with Gasteiger partial charge in [0.15, 0.2) is 0 Å². The van der Waals surface area contributed by atoms with Crippen LogP contribution >= 0.6 is 0 Å². The Morgan fingerprint density at radius 2 is 2.08 bits per heavy atom. The summed E-state index contributed by atoms with van der Waals surface area (Å²) >= 11 is 0. The molecule has 2 amide bonds. The molecule has 0 spiro atoms. The predicted octanol–water partition coefficient (Wildman–Crippen LogP) is 1.98. The van der Waals surface area contributed by atoms with Gasteiger partial charge < -0.3 is 14.5 Å². The molecule has 0 aliphatic carbocycles. The Kier molecular flexibility index (Phi) is 5.14. The van der Waals surface area contributed by atoms with Gasteiger partial charge in [-0.3, -0.25) is 9.59 Å². The normalized spacial score (nSPS) is 24.2. The van der Waals surface area contributed by atoms with Crippen LogP contribution in [0.2, 0.25) is 0 Å². The minimum atomic E-state index is -0.302. The molecular formula is C18H23FN2O3. The van der Waals surface area contributed by atoms with Crippen LogP contribution in [0.15, 0.2) is 24.3 Å². The number of rotatable bonds is 3. The maximum Gasteiger partial charge on any atom is 0.227 e. The first kappa shape index (κ1) is 16.9. The molecule has 2 atom stereocenters. The Morgan fingerprint density at radius 1 is 1.25 bits per heavy atom. The van der Waals surface area contributed by atoms with Gasteiger partial charge in [-0.05, 0) is 24.1 Å². The second-order valence-corrected chi connectivity index (χ2v) is 6.38. The molecule has 0 N–H and O–H groups in total. The van der Waals surface area contributed by atoms with Crippen LogP contribution in [0.5, 0.6) is 0 Å². The minimum Gasteiger partial charge on any atom is -0.370 e. The molecule has 24 heavy (non-hydrogen) atoms. The molecule has 2 unspecified atom stereocenters. The zero-order valence-electron chi connectivity index (χ0n) is 13.9. The number of amides is 2. The maximum absolute atomic E-state index is 13.4. The lowest BCUT2D eigenvalue weighted by molar-refractivity contribution is -0.143. The summed E-state index contributed by atoms with van der Waals surface area (Å²) in [7, 11) is 0. The van der Waals surface area contributed by atoms with Crippen molar-refractivity contribution in [3.8, 4) is 0 Å². The lowest BCUT2D eigenvalue weighted by Crippen LogP contribution is -2.45. The fourth-order valence-electron chi connectivity index (χ4n) is 3.43. The smallest absolute Gasteiger partial charge is 0.227 e. The first-order valence-electron chi connectivity index (χ1n) is 8.52. The molecule has 2 saturated heterocycles. The average Bonchev–Trinajstić information content (AvgIpc) is 3.10. The highest BCUT2D eigenvalue weighted by Gasteiger charge is 2.35. The van der Waals surface area contributed by atoms with Crippen LogP contribution in [0.4, 0.5) is 4.39 Å². The predicted molar refractivity (Wildman–Crippen MR) is 86.7 cm³/mol. The average molecular weight is 334 g/mol. The highest BCUT2D eigenvalue weighted by Crippen LogP contribution is 2.26. The van der Waals surface area contributed by atoms with Crippen LogP contribution in [-0.2, 0) is 14.3 Å². The molecule has 2 heterocycles. The number of hydrogen-bond acceptors (Lipinski definition) is 3. The molecular weight excluding hydrogens is 311 g/mol. The number of ether oxygens (including phenoxy) is 1. The topological polar surface area (TPSA) is 49.9 Å². The second-order valence-electron chi connectivity index (χ2n) is 6.38. The zero-order valence-corrected chi connectivity index (χ0v) is 13.9. The van der Waals surface area contributed by atoms with E-state index in [2.05, 4.69) is 0 Å². The fraction of sp³-hybridized carbons (Fsp3) is 0.556. The maximum atomic E-state index is 13.4. The van der Waals surface area contributed by atoms with Gasteiger partial charge in [0.25, 0.3) is 0 Å². The van der Waals surface area contributed by atoms with Crippen LogP contribution < -0.4 is 0 Å². The Bertz CT molecular complexity index is 622. The van der Waals surface area contributed by atoms with Gasteiger partial charge in [0.1, 0.15) is 11.9 Å². The molecule has 1 aromatic rings. The molecule has 1 aromatic carbocycles. The third kappa shape index (κ3) is 3.59. The Morgan fingerprint density at radius 3 is 2.83 bits per heavy atom. The van der Waals surface area contributed by atoms with Crippen molar-refractivity contribution in [2.45, 2.75) is 25.9 Å². The van der Waals surface area contributed by atoms with Crippen LogP contribution in [0, 0.1) is 11.7 Å². The largest absolute Gasteiger partial charge is 0.370 e. The molecule has 130 valence electrons. The van der Waals surface area contributed by atoms with Crippen molar-refractivity contribution in [3.63, 3.8) is 0 Å². The van der Waals surface area contributed by atoms with E-state index in [-0.39, 0.29) is 29.7 Å². The number of halogens is 1. The van der Waals surface area contributed by atoms with E-state index in [1.54, 1.807) is 15.9 Å². The van der Waals surface area contributed by atoms with Gasteiger partial charge >= 0.3 is 0 Å². The highest BCUT2D eigenvalue weighted by molar-refractivity contribution is 5.82. The lowest BCUT2D eigenvalue weighted by Gasteiger charge is -2.34. The van der Waals surface area contributed by atoms with Crippen molar-refractivity contribution >= 4 is 11.8 Å². The monoisotopic (exact) mass is 334 g/mol. The van der Waals surface area contributed by atoms with E-state index in [1.165, 1.54) is 12.1 Å². The van der Waals surface area contributed by atoms with E-state index in [0.29, 0.717) is 45.6 Å². The van der Waals surface area contributed by atoms with Crippen LogP contribution in [0.25, 0.3) is 0 Å². The van der Waals surface area contributed by atoms with Gasteiger partial charge in [-0.25, -0.2) is 4.39 Å². The number of nitrogens with zero attached hydrogens (tertiary/aromatic N) is 2.